The maximum atomic E-state index is 13.3. The van der Waals surface area contributed by atoms with Crippen molar-refractivity contribution in [2.45, 2.75) is 50.7 Å². The van der Waals surface area contributed by atoms with Crippen LogP contribution in [0.2, 0.25) is 5.02 Å². The summed E-state index contributed by atoms with van der Waals surface area (Å²) >= 11 is 6.17. The molecular formula is C26H38ClN3O5. The number of amides is 2. The number of carbonyl (C=O) groups is 2. The van der Waals surface area contributed by atoms with E-state index < -0.39 is 5.60 Å². The van der Waals surface area contributed by atoms with Crippen LogP contribution in [0.3, 0.4) is 0 Å². The predicted molar refractivity (Wildman–Crippen MR) is 134 cm³/mol. The van der Waals surface area contributed by atoms with E-state index in [1.165, 1.54) is 0 Å². The van der Waals surface area contributed by atoms with Gasteiger partial charge in [-0.1, -0.05) is 11.6 Å². The summed E-state index contributed by atoms with van der Waals surface area (Å²) in [5.41, 5.74) is 0.0216. The molecule has 35 heavy (non-hydrogen) atoms. The molecule has 2 amide bonds. The third kappa shape index (κ3) is 7.09. The van der Waals surface area contributed by atoms with Gasteiger partial charge in [0.1, 0.15) is 18.0 Å². The van der Waals surface area contributed by atoms with E-state index in [4.69, 9.17) is 25.8 Å². The van der Waals surface area contributed by atoms with Gasteiger partial charge in [-0.05, 0) is 57.0 Å². The molecule has 0 saturated carbocycles. The fourth-order valence-electron chi connectivity index (χ4n) is 4.98. The minimum absolute atomic E-state index is 0.0441. The maximum Gasteiger partial charge on any atom is 0.225 e. The van der Waals surface area contributed by atoms with E-state index in [1.54, 1.807) is 6.07 Å². The molecule has 9 heteroatoms. The van der Waals surface area contributed by atoms with E-state index in [2.05, 4.69) is 11.9 Å². The molecule has 2 atom stereocenters. The van der Waals surface area contributed by atoms with Crippen molar-refractivity contribution in [2.24, 2.45) is 0 Å². The Morgan fingerprint density at radius 1 is 1.11 bits per heavy atom. The molecule has 8 nitrogen and oxygen atoms in total. The second-order valence-corrected chi connectivity index (χ2v) is 10.5. The zero-order chi connectivity index (χ0) is 24.8. The Bertz CT molecular complexity index is 886. The summed E-state index contributed by atoms with van der Waals surface area (Å²) in [5.74, 6) is 0.800. The molecule has 3 aliphatic heterocycles. The lowest BCUT2D eigenvalue weighted by Crippen LogP contribution is -2.59. The average molecular weight is 508 g/mol. The van der Waals surface area contributed by atoms with Gasteiger partial charge in [0.15, 0.2) is 0 Å². The second kappa shape index (κ2) is 11.9. The van der Waals surface area contributed by atoms with Crippen molar-refractivity contribution < 1.29 is 23.8 Å². The van der Waals surface area contributed by atoms with Crippen LogP contribution in [0.25, 0.3) is 0 Å². The molecule has 3 fully saturated rings. The van der Waals surface area contributed by atoms with Gasteiger partial charge < -0.3 is 28.9 Å². The van der Waals surface area contributed by atoms with Crippen LogP contribution in [0.5, 0.6) is 5.75 Å². The number of morpholine rings is 1. The van der Waals surface area contributed by atoms with Crippen LogP contribution < -0.4 is 4.74 Å². The average Bonchev–Trinajstić information content (AvgIpc) is 3.38. The Morgan fingerprint density at radius 3 is 2.63 bits per heavy atom. The van der Waals surface area contributed by atoms with Crippen molar-refractivity contribution in [3.05, 3.63) is 28.8 Å². The number of halogens is 1. The first-order valence-electron chi connectivity index (χ1n) is 12.7. The molecule has 0 aromatic heterocycles. The SMILES string of the molecule is Cc1cc(OC[C@]2(CC(=O)N3CCN(C)CC3)CN(C(=O)CC[C@H]3CCCO3)CCO2)ccc1Cl. The molecule has 0 radical (unpaired) electrons. The summed E-state index contributed by atoms with van der Waals surface area (Å²) in [6.45, 7) is 7.25. The Morgan fingerprint density at radius 2 is 1.91 bits per heavy atom. The van der Waals surface area contributed by atoms with Crippen LogP contribution >= 0.6 is 11.6 Å². The lowest BCUT2D eigenvalue weighted by molar-refractivity contribution is -0.166. The number of nitrogens with zero attached hydrogens (tertiary/aromatic N) is 3. The first-order valence-corrected chi connectivity index (χ1v) is 13.1. The Labute approximate surface area is 213 Å². The smallest absolute Gasteiger partial charge is 0.225 e. The van der Waals surface area contributed by atoms with Crippen molar-refractivity contribution in [1.29, 1.82) is 0 Å². The maximum absolute atomic E-state index is 13.3. The third-order valence-corrected chi connectivity index (χ3v) is 7.69. The number of benzene rings is 1. The largest absolute Gasteiger partial charge is 0.490 e. The van der Waals surface area contributed by atoms with Gasteiger partial charge in [0, 0.05) is 50.8 Å². The van der Waals surface area contributed by atoms with Crippen molar-refractivity contribution >= 4 is 23.4 Å². The summed E-state index contributed by atoms with van der Waals surface area (Å²) in [5, 5.41) is 0.675. The van der Waals surface area contributed by atoms with E-state index >= 15 is 0 Å². The molecule has 0 unspecified atom stereocenters. The first kappa shape index (κ1) is 26.2. The van der Waals surface area contributed by atoms with Gasteiger partial charge in [0.05, 0.1) is 25.7 Å². The molecule has 4 rings (SSSR count). The Hall–Kier alpha value is -1.87. The van der Waals surface area contributed by atoms with Gasteiger partial charge in [0.2, 0.25) is 11.8 Å². The molecule has 194 valence electrons. The summed E-state index contributed by atoms with van der Waals surface area (Å²) < 4.78 is 18.1. The number of hydrogen-bond donors (Lipinski definition) is 0. The molecule has 1 aromatic carbocycles. The molecule has 3 aliphatic rings. The predicted octanol–water partition coefficient (Wildman–Crippen LogP) is 2.75. The molecule has 0 bridgehead atoms. The minimum Gasteiger partial charge on any atom is -0.490 e. The number of hydrogen-bond acceptors (Lipinski definition) is 6. The van der Waals surface area contributed by atoms with Crippen LogP contribution in [-0.4, -0.2) is 104 Å². The number of ether oxygens (including phenoxy) is 3. The summed E-state index contributed by atoms with van der Waals surface area (Å²) in [4.78, 5) is 32.3. The van der Waals surface area contributed by atoms with Crippen LogP contribution in [0.15, 0.2) is 18.2 Å². The molecule has 3 heterocycles. The topological polar surface area (TPSA) is 71.6 Å². The lowest BCUT2D eigenvalue weighted by Gasteiger charge is -2.43. The monoisotopic (exact) mass is 507 g/mol. The highest BCUT2D eigenvalue weighted by molar-refractivity contribution is 6.31. The quantitative estimate of drug-likeness (QED) is 0.539. The van der Waals surface area contributed by atoms with Crippen LogP contribution in [-0.2, 0) is 19.1 Å². The van der Waals surface area contributed by atoms with Crippen LogP contribution in [0.1, 0.15) is 37.7 Å². The van der Waals surface area contributed by atoms with E-state index in [1.807, 2.05) is 28.9 Å². The van der Waals surface area contributed by atoms with Gasteiger partial charge in [-0.2, -0.15) is 0 Å². The molecule has 0 spiro atoms. The number of likely N-dealkylation sites (N-methyl/N-ethyl adjacent to an activating group) is 1. The summed E-state index contributed by atoms with van der Waals surface area (Å²) in [6, 6.07) is 5.50. The molecule has 0 aliphatic carbocycles. The first-order chi connectivity index (χ1) is 16.8. The van der Waals surface area contributed by atoms with Crippen LogP contribution in [0, 0.1) is 6.92 Å². The van der Waals surface area contributed by atoms with Crippen molar-refractivity contribution in [2.75, 3.05) is 66.1 Å². The van der Waals surface area contributed by atoms with Crippen molar-refractivity contribution in [3.8, 4) is 5.75 Å². The van der Waals surface area contributed by atoms with E-state index in [0.29, 0.717) is 50.0 Å². The zero-order valence-electron chi connectivity index (χ0n) is 21.0. The highest BCUT2D eigenvalue weighted by Crippen LogP contribution is 2.28. The van der Waals surface area contributed by atoms with Gasteiger partial charge in [-0.25, -0.2) is 0 Å². The number of piperazine rings is 1. The third-order valence-electron chi connectivity index (χ3n) is 7.27. The van der Waals surface area contributed by atoms with Crippen molar-refractivity contribution in [1.82, 2.24) is 14.7 Å². The lowest BCUT2D eigenvalue weighted by atomic mass is 9.96. The number of rotatable bonds is 8. The molecule has 0 N–H and O–H groups in total. The van der Waals surface area contributed by atoms with Gasteiger partial charge >= 0.3 is 0 Å². The minimum atomic E-state index is -0.897. The Kier molecular flexibility index (Phi) is 8.92. The normalized spacial score (nSPS) is 25.6. The second-order valence-electron chi connectivity index (χ2n) is 10.1. The standard InChI is InChI=1S/C26H38ClN3O5/c1-20-16-22(5-7-23(20)27)34-19-26(17-25(32)29-11-9-28(2)10-12-29)18-30(13-15-35-26)24(31)8-6-21-4-3-14-33-21/h5,7,16,21H,3-4,6,8-15,17-19H2,1-2H3/t21-,26+/m1/s1. The number of aryl methyl sites for hydroxylation is 1. The van der Waals surface area contributed by atoms with Gasteiger partial charge in [-0.15, -0.1) is 0 Å². The van der Waals surface area contributed by atoms with Gasteiger partial charge in [-0.3, -0.25) is 9.59 Å². The van der Waals surface area contributed by atoms with Crippen LogP contribution in [0.4, 0.5) is 0 Å². The van der Waals surface area contributed by atoms with E-state index in [0.717, 1.165) is 44.5 Å². The highest BCUT2D eigenvalue weighted by atomic mass is 35.5. The summed E-state index contributed by atoms with van der Waals surface area (Å²) in [6.07, 6.45) is 3.64. The highest BCUT2D eigenvalue weighted by Gasteiger charge is 2.42. The molecule has 1 aromatic rings. The zero-order valence-corrected chi connectivity index (χ0v) is 21.7. The van der Waals surface area contributed by atoms with Gasteiger partial charge in [0.25, 0.3) is 0 Å². The fraction of sp³-hybridized carbons (Fsp3) is 0.692. The van der Waals surface area contributed by atoms with E-state index in [-0.39, 0.29) is 30.9 Å². The number of carbonyl (C=O) groups excluding carboxylic acids is 2. The van der Waals surface area contributed by atoms with E-state index in [9.17, 15) is 9.59 Å². The molecule has 3 saturated heterocycles. The summed E-state index contributed by atoms with van der Waals surface area (Å²) in [7, 11) is 2.07. The van der Waals surface area contributed by atoms with Crippen molar-refractivity contribution in [3.63, 3.8) is 0 Å². The fourth-order valence-corrected chi connectivity index (χ4v) is 5.10. The Balaban J connectivity index is 1.44. The molecular weight excluding hydrogens is 470 g/mol.